The second kappa shape index (κ2) is 3.20. The van der Waals surface area contributed by atoms with Crippen LogP contribution in [0.2, 0.25) is 0 Å². The van der Waals surface area contributed by atoms with Gasteiger partial charge in [-0.15, -0.1) is 0 Å². The molecule has 13 heavy (non-hydrogen) atoms. The van der Waals surface area contributed by atoms with Crippen LogP contribution in [0.1, 0.15) is 18.2 Å². The number of hydrogen-bond acceptors (Lipinski definition) is 1. The van der Waals surface area contributed by atoms with Crippen LogP contribution in [-0.4, -0.2) is 4.98 Å². The first-order valence-electron chi connectivity index (χ1n) is 3.60. The summed E-state index contributed by atoms with van der Waals surface area (Å²) in [6, 6.07) is 2.49. The zero-order chi connectivity index (χ0) is 10.1. The first-order chi connectivity index (χ1) is 5.91. The fourth-order valence-electron chi connectivity index (χ4n) is 0.851. The molecule has 0 fully saturated rings. The molecule has 4 heteroatoms. The number of aromatic nitrogens is 1. The Hall–Kier alpha value is -1.32. The summed E-state index contributed by atoms with van der Waals surface area (Å²) in [6.07, 6.45) is -3.25. The van der Waals surface area contributed by atoms with Crippen LogP contribution < -0.4 is 0 Å². The summed E-state index contributed by atoms with van der Waals surface area (Å²) in [5.41, 5.74) is 0.170. The van der Waals surface area contributed by atoms with Crippen molar-refractivity contribution in [3.63, 3.8) is 0 Å². The van der Waals surface area contributed by atoms with E-state index in [1.807, 2.05) is 0 Å². The van der Waals surface area contributed by atoms with Gasteiger partial charge in [-0.1, -0.05) is 12.2 Å². The Morgan fingerprint density at radius 1 is 1.46 bits per heavy atom. The summed E-state index contributed by atoms with van der Waals surface area (Å²) in [4.78, 5) is 3.23. The molecule has 0 aliphatic rings. The third-order valence-corrected chi connectivity index (χ3v) is 1.54. The molecule has 0 unspecified atom stereocenters. The average molecular weight is 187 g/mol. The molecule has 0 spiro atoms. The summed E-state index contributed by atoms with van der Waals surface area (Å²) in [5, 5.41) is 0. The van der Waals surface area contributed by atoms with Crippen molar-refractivity contribution >= 4 is 5.57 Å². The lowest BCUT2D eigenvalue weighted by Crippen LogP contribution is -2.07. The Kier molecular flexibility index (Phi) is 2.40. The fraction of sp³-hybridized carbons (Fsp3) is 0.222. The molecule has 0 saturated heterocycles. The van der Waals surface area contributed by atoms with Crippen LogP contribution in [0, 0.1) is 0 Å². The molecular weight excluding hydrogens is 179 g/mol. The highest BCUT2D eigenvalue weighted by molar-refractivity contribution is 5.61. The lowest BCUT2D eigenvalue weighted by molar-refractivity contribution is -0.141. The molecule has 0 amide bonds. The molecule has 0 aliphatic heterocycles. The van der Waals surface area contributed by atoms with Crippen LogP contribution in [0.4, 0.5) is 13.2 Å². The van der Waals surface area contributed by atoms with Gasteiger partial charge in [0.15, 0.2) is 0 Å². The molecule has 0 radical (unpaired) electrons. The molecule has 0 atom stereocenters. The van der Waals surface area contributed by atoms with Crippen LogP contribution in [0.3, 0.4) is 0 Å². The van der Waals surface area contributed by atoms with Crippen LogP contribution in [0.5, 0.6) is 0 Å². The number of halogens is 3. The predicted octanol–water partition coefficient (Wildman–Crippen LogP) is 3.13. The number of allylic oxidation sites excluding steroid dienone is 1. The third kappa shape index (κ3) is 2.31. The minimum Gasteiger partial charge on any atom is -0.252 e. The van der Waals surface area contributed by atoms with Gasteiger partial charge in [-0.05, 0) is 24.6 Å². The van der Waals surface area contributed by atoms with Crippen molar-refractivity contribution in [1.82, 2.24) is 4.98 Å². The van der Waals surface area contributed by atoms with Crippen molar-refractivity contribution < 1.29 is 13.2 Å². The highest BCUT2D eigenvalue weighted by Crippen LogP contribution is 2.28. The van der Waals surface area contributed by atoms with Gasteiger partial charge in [-0.2, -0.15) is 13.2 Å². The molecule has 1 aromatic heterocycles. The maximum Gasteiger partial charge on any atom is 0.433 e. The van der Waals surface area contributed by atoms with Gasteiger partial charge in [-0.3, -0.25) is 4.98 Å². The lowest BCUT2D eigenvalue weighted by Gasteiger charge is -2.06. The third-order valence-electron chi connectivity index (χ3n) is 1.54. The van der Waals surface area contributed by atoms with Crippen LogP contribution in [-0.2, 0) is 6.18 Å². The number of pyridine rings is 1. The van der Waals surface area contributed by atoms with E-state index < -0.39 is 11.9 Å². The molecule has 0 bridgehead atoms. The summed E-state index contributed by atoms with van der Waals surface area (Å²) < 4.78 is 36.4. The topological polar surface area (TPSA) is 12.9 Å². The van der Waals surface area contributed by atoms with E-state index >= 15 is 0 Å². The van der Waals surface area contributed by atoms with Crippen LogP contribution in [0.25, 0.3) is 5.57 Å². The molecule has 1 aromatic rings. The molecule has 0 N–H and O–H groups in total. The van der Waals surface area contributed by atoms with E-state index in [-0.39, 0.29) is 0 Å². The average Bonchev–Trinajstić information content (AvgIpc) is 2.03. The Morgan fingerprint density at radius 3 is 2.54 bits per heavy atom. The smallest absolute Gasteiger partial charge is 0.252 e. The molecule has 1 heterocycles. The molecule has 1 rings (SSSR count). The largest absolute Gasteiger partial charge is 0.433 e. The standard InChI is InChI=1S/C9H8F3N/c1-6(2)7-3-4-13-8(5-7)9(10,11)12/h3-5H,1H2,2H3. The minimum atomic E-state index is -4.38. The highest BCUT2D eigenvalue weighted by atomic mass is 19.4. The Bertz CT molecular complexity index is 328. The number of hydrogen-bond donors (Lipinski definition) is 0. The van der Waals surface area contributed by atoms with E-state index in [9.17, 15) is 13.2 Å². The number of nitrogens with zero attached hydrogens (tertiary/aromatic N) is 1. The quantitative estimate of drug-likeness (QED) is 0.658. The first kappa shape index (κ1) is 9.77. The normalized spacial score (nSPS) is 11.4. The van der Waals surface area contributed by atoms with Gasteiger partial charge in [-0.25, -0.2) is 0 Å². The summed E-state index contributed by atoms with van der Waals surface area (Å²) in [6.45, 7) is 5.20. The molecular formula is C9H8F3N. The Balaban J connectivity index is 3.13. The number of alkyl halides is 3. The van der Waals surface area contributed by atoms with Crippen LogP contribution >= 0.6 is 0 Å². The van der Waals surface area contributed by atoms with E-state index in [4.69, 9.17) is 0 Å². The Morgan fingerprint density at radius 2 is 2.08 bits per heavy atom. The summed E-state index contributed by atoms with van der Waals surface area (Å²) in [5.74, 6) is 0. The monoisotopic (exact) mass is 187 g/mol. The van der Waals surface area contributed by atoms with Crippen molar-refractivity contribution in [1.29, 1.82) is 0 Å². The highest BCUT2D eigenvalue weighted by Gasteiger charge is 2.32. The van der Waals surface area contributed by atoms with Gasteiger partial charge in [0.05, 0.1) is 0 Å². The second-order valence-electron chi connectivity index (χ2n) is 2.71. The van der Waals surface area contributed by atoms with Gasteiger partial charge >= 0.3 is 6.18 Å². The molecule has 0 aromatic carbocycles. The maximum atomic E-state index is 12.1. The van der Waals surface area contributed by atoms with E-state index in [1.165, 1.54) is 6.07 Å². The van der Waals surface area contributed by atoms with Crippen molar-refractivity contribution in [3.8, 4) is 0 Å². The van der Waals surface area contributed by atoms with Crippen molar-refractivity contribution in [2.75, 3.05) is 0 Å². The zero-order valence-electron chi connectivity index (χ0n) is 7.02. The molecule has 70 valence electrons. The van der Waals surface area contributed by atoms with E-state index in [2.05, 4.69) is 11.6 Å². The van der Waals surface area contributed by atoms with Gasteiger partial charge in [0.1, 0.15) is 5.69 Å². The van der Waals surface area contributed by atoms with E-state index in [0.717, 1.165) is 12.3 Å². The second-order valence-corrected chi connectivity index (χ2v) is 2.71. The molecule has 0 aliphatic carbocycles. The predicted molar refractivity (Wildman–Crippen MR) is 43.9 cm³/mol. The first-order valence-corrected chi connectivity index (χ1v) is 3.60. The van der Waals surface area contributed by atoms with Crippen molar-refractivity contribution in [2.24, 2.45) is 0 Å². The van der Waals surface area contributed by atoms with Crippen LogP contribution in [0.15, 0.2) is 24.9 Å². The molecule has 0 saturated carbocycles. The minimum absolute atomic E-state index is 0.460. The van der Waals surface area contributed by atoms with E-state index in [1.54, 1.807) is 6.92 Å². The summed E-state index contributed by atoms with van der Waals surface area (Å²) in [7, 11) is 0. The van der Waals surface area contributed by atoms with Gasteiger partial charge < -0.3 is 0 Å². The number of rotatable bonds is 1. The zero-order valence-corrected chi connectivity index (χ0v) is 7.02. The van der Waals surface area contributed by atoms with Gasteiger partial charge in [0.25, 0.3) is 0 Å². The molecule has 1 nitrogen and oxygen atoms in total. The van der Waals surface area contributed by atoms with Crippen molar-refractivity contribution in [2.45, 2.75) is 13.1 Å². The fourth-order valence-corrected chi connectivity index (χ4v) is 0.851. The summed E-state index contributed by atoms with van der Waals surface area (Å²) >= 11 is 0. The SMILES string of the molecule is C=C(C)c1ccnc(C(F)(F)F)c1. The van der Waals surface area contributed by atoms with E-state index in [0.29, 0.717) is 11.1 Å². The van der Waals surface area contributed by atoms with Gasteiger partial charge in [0, 0.05) is 6.20 Å². The lowest BCUT2D eigenvalue weighted by atomic mass is 10.1. The van der Waals surface area contributed by atoms with Crippen molar-refractivity contribution in [3.05, 3.63) is 36.2 Å². The van der Waals surface area contributed by atoms with Gasteiger partial charge in [0.2, 0.25) is 0 Å². The Labute approximate surface area is 73.9 Å². The maximum absolute atomic E-state index is 12.1.